The van der Waals surface area contributed by atoms with Gasteiger partial charge < -0.3 is 10.2 Å². The molecule has 0 bridgehead atoms. The lowest BCUT2D eigenvalue weighted by molar-refractivity contribution is 0.162. The fourth-order valence-corrected chi connectivity index (χ4v) is 2.83. The first-order chi connectivity index (χ1) is 9.51. The van der Waals surface area contributed by atoms with Crippen LogP contribution in [0.15, 0.2) is 0 Å². The van der Waals surface area contributed by atoms with E-state index in [1.807, 2.05) is 0 Å². The zero-order valence-corrected chi connectivity index (χ0v) is 15.0. The van der Waals surface area contributed by atoms with Gasteiger partial charge in [0.15, 0.2) is 0 Å². The largest absolute Gasteiger partial charge is 0.316 e. The van der Waals surface area contributed by atoms with Crippen LogP contribution in [0.1, 0.15) is 73.6 Å². The van der Waals surface area contributed by atoms with E-state index in [1.165, 1.54) is 51.7 Å². The van der Waals surface area contributed by atoms with Gasteiger partial charge in [0.25, 0.3) is 0 Å². The number of nitrogens with zero attached hydrogens (tertiary/aromatic N) is 1. The number of rotatable bonds is 13. The molecule has 122 valence electrons. The molecular weight excluding hydrogens is 244 g/mol. The maximum atomic E-state index is 3.54. The minimum atomic E-state index is 0.770. The highest BCUT2D eigenvalue weighted by atomic mass is 15.1. The van der Waals surface area contributed by atoms with Gasteiger partial charge in [0.1, 0.15) is 0 Å². The van der Waals surface area contributed by atoms with Crippen LogP contribution in [0.25, 0.3) is 0 Å². The summed E-state index contributed by atoms with van der Waals surface area (Å²) in [6.45, 7) is 18.8. The minimum Gasteiger partial charge on any atom is -0.316 e. The van der Waals surface area contributed by atoms with Crippen molar-refractivity contribution in [2.45, 2.75) is 79.7 Å². The highest BCUT2D eigenvalue weighted by Crippen LogP contribution is 2.13. The standard InChI is InChI=1S/C18H40N2/c1-7-18(8-2)20(15-17(5)6)13-11-9-10-12-19-14-16(3)4/h16-19H,7-15H2,1-6H3. The van der Waals surface area contributed by atoms with Crippen LogP contribution in [0, 0.1) is 11.8 Å². The maximum Gasteiger partial charge on any atom is 0.00901 e. The van der Waals surface area contributed by atoms with Crippen molar-refractivity contribution >= 4 is 0 Å². The van der Waals surface area contributed by atoms with E-state index in [0.717, 1.165) is 24.4 Å². The fourth-order valence-electron chi connectivity index (χ4n) is 2.83. The molecule has 0 saturated heterocycles. The molecule has 0 aliphatic rings. The topological polar surface area (TPSA) is 15.3 Å². The molecule has 2 heteroatoms. The molecule has 2 nitrogen and oxygen atoms in total. The van der Waals surface area contributed by atoms with E-state index < -0.39 is 0 Å². The second-order valence-corrected chi connectivity index (χ2v) is 7.02. The maximum absolute atomic E-state index is 3.54. The summed E-state index contributed by atoms with van der Waals surface area (Å²) in [4.78, 5) is 2.73. The Morgan fingerprint density at radius 2 is 1.50 bits per heavy atom. The van der Waals surface area contributed by atoms with Crippen molar-refractivity contribution in [3.05, 3.63) is 0 Å². The van der Waals surface area contributed by atoms with Crippen LogP contribution in [-0.4, -0.2) is 37.1 Å². The molecule has 0 radical (unpaired) electrons. The summed E-state index contributed by atoms with van der Waals surface area (Å²) in [6.07, 6.45) is 6.62. The van der Waals surface area contributed by atoms with Crippen LogP contribution in [0.2, 0.25) is 0 Å². The number of hydrogen-bond donors (Lipinski definition) is 1. The molecule has 0 rings (SSSR count). The number of hydrogen-bond acceptors (Lipinski definition) is 2. The third-order valence-electron chi connectivity index (χ3n) is 3.91. The van der Waals surface area contributed by atoms with Gasteiger partial charge in [0.05, 0.1) is 0 Å². The van der Waals surface area contributed by atoms with Gasteiger partial charge in [0.2, 0.25) is 0 Å². The monoisotopic (exact) mass is 284 g/mol. The summed E-state index contributed by atoms with van der Waals surface area (Å²) < 4.78 is 0. The van der Waals surface area contributed by atoms with E-state index in [2.05, 4.69) is 51.8 Å². The van der Waals surface area contributed by atoms with Crippen molar-refractivity contribution in [1.29, 1.82) is 0 Å². The van der Waals surface area contributed by atoms with E-state index in [1.54, 1.807) is 0 Å². The Morgan fingerprint density at radius 3 is 2.00 bits per heavy atom. The molecule has 0 aromatic heterocycles. The van der Waals surface area contributed by atoms with Gasteiger partial charge in [-0.1, -0.05) is 48.0 Å². The lowest BCUT2D eigenvalue weighted by Crippen LogP contribution is -2.38. The molecular formula is C18H40N2. The first-order valence-electron chi connectivity index (χ1n) is 8.95. The zero-order chi connectivity index (χ0) is 15.4. The van der Waals surface area contributed by atoms with Crippen molar-refractivity contribution < 1.29 is 0 Å². The van der Waals surface area contributed by atoms with Crippen molar-refractivity contribution in [3.8, 4) is 0 Å². The van der Waals surface area contributed by atoms with Crippen molar-refractivity contribution in [3.63, 3.8) is 0 Å². The van der Waals surface area contributed by atoms with E-state index in [4.69, 9.17) is 0 Å². The Balaban J connectivity index is 3.79. The first kappa shape index (κ1) is 19.9. The molecule has 20 heavy (non-hydrogen) atoms. The minimum absolute atomic E-state index is 0.770. The molecule has 0 fully saturated rings. The molecule has 0 saturated carbocycles. The van der Waals surface area contributed by atoms with E-state index in [9.17, 15) is 0 Å². The summed E-state index contributed by atoms with van der Waals surface area (Å²) in [5, 5.41) is 3.54. The Morgan fingerprint density at radius 1 is 0.850 bits per heavy atom. The van der Waals surface area contributed by atoms with Crippen LogP contribution in [0.4, 0.5) is 0 Å². The van der Waals surface area contributed by atoms with Crippen molar-refractivity contribution in [2.24, 2.45) is 11.8 Å². The van der Waals surface area contributed by atoms with Crippen LogP contribution >= 0.6 is 0 Å². The molecule has 0 atom stereocenters. The second kappa shape index (κ2) is 12.6. The van der Waals surface area contributed by atoms with Gasteiger partial charge >= 0.3 is 0 Å². The molecule has 0 amide bonds. The SMILES string of the molecule is CCC(CC)N(CCCCCNCC(C)C)CC(C)C. The quantitative estimate of drug-likeness (QED) is 0.499. The lowest BCUT2D eigenvalue weighted by Gasteiger charge is -2.32. The van der Waals surface area contributed by atoms with Gasteiger partial charge in [-0.15, -0.1) is 0 Å². The molecule has 0 aliphatic carbocycles. The van der Waals surface area contributed by atoms with Crippen LogP contribution in [0.3, 0.4) is 0 Å². The third kappa shape index (κ3) is 10.7. The normalized spacial score (nSPS) is 12.3. The van der Waals surface area contributed by atoms with Crippen LogP contribution < -0.4 is 5.32 Å². The summed E-state index contributed by atoms with van der Waals surface area (Å²) >= 11 is 0. The zero-order valence-electron chi connectivity index (χ0n) is 15.0. The lowest BCUT2D eigenvalue weighted by atomic mass is 10.1. The van der Waals surface area contributed by atoms with Crippen LogP contribution in [0.5, 0.6) is 0 Å². The van der Waals surface area contributed by atoms with E-state index in [0.29, 0.717) is 0 Å². The number of unbranched alkanes of at least 4 members (excludes halogenated alkanes) is 2. The molecule has 0 heterocycles. The predicted octanol–water partition coefficient (Wildman–Crippen LogP) is 4.55. The van der Waals surface area contributed by atoms with Gasteiger partial charge in [-0.25, -0.2) is 0 Å². The van der Waals surface area contributed by atoms with Gasteiger partial charge in [-0.3, -0.25) is 0 Å². The first-order valence-corrected chi connectivity index (χ1v) is 8.95. The summed E-state index contributed by atoms with van der Waals surface area (Å²) in [5.41, 5.74) is 0. The van der Waals surface area contributed by atoms with Crippen molar-refractivity contribution in [1.82, 2.24) is 10.2 Å². The molecule has 0 aromatic carbocycles. The van der Waals surface area contributed by atoms with E-state index >= 15 is 0 Å². The number of nitrogens with one attached hydrogen (secondary N) is 1. The molecule has 0 unspecified atom stereocenters. The molecule has 0 aliphatic heterocycles. The molecule has 0 aromatic rings. The molecule has 1 N–H and O–H groups in total. The fraction of sp³-hybridized carbons (Fsp3) is 1.00. The van der Waals surface area contributed by atoms with Gasteiger partial charge in [0, 0.05) is 12.6 Å². The summed E-state index contributed by atoms with van der Waals surface area (Å²) in [7, 11) is 0. The summed E-state index contributed by atoms with van der Waals surface area (Å²) in [6, 6.07) is 0.788. The average Bonchev–Trinajstić information content (AvgIpc) is 2.37. The second-order valence-electron chi connectivity index (χ2n) is 7.02. The Hall–Kier alpha value is -0.0800. The predicted molar refractivity (Wildman–Crippen MR) is 92.3 cm³/mol. The Bertz CT molecular complexity index is 198. The summed E-state index contributed by atoms with van der Waals surface area (Å²) in [5.74, 6) is 1.55. The Kier molecular flexibility index (Phi) is 12.6. The smallest absolute Gasteiger partial charge is 0.00901 e. The highest BCUT2D eigenvalue weighted by Gasteiger charge is 2.15. The average molecular weight is 285 g/mol. The van der Waals surface area contributed by atoms with Gasteiger partial charge in [-0.2, -0.15) is 0 Å². The van der Waals surface area contributed by atoms with Crippen molar-refractivity contribution in [2.75, 3.05) is 26.2 Å². The third-order valence-corrected chi connectivity index (χ3v) is 3.91. The van der Waals surface area contributed by atoms with Gasteiger partial charge in [-0.05, 0) is 57.2 Å². The molecule has 0 spiro atoms. The Labute approximate surface area is 128 Å². The van der Waals surface area contributed by atoms with Crippen LogP contribution in [-0.2, 0) is 0 Å². The van der Waals surface area contributed by atoms with E-state index in [-0.39, 0.29) is 0 Å². The highest BCUT2D eigenvalue weighted by molar-refractivity contribution is 4.70.